The third-order valence-electron chi connectivity index (χ3n) is 10.2. The Bertz CT molecular complexity index is 2600. The highest BCUT2D eigenvalue weighted by Crippen LogP contribution is 2.49. The molecule has 1 aliphatic rings. The van der Waals surface area contributed by atoms with Crippen LogP contribution in [0.5, 0.6) is 0 Å². The molecular weight excluding hydrogens is 631 g/mol. The van der Waals surface area contributed by atoms with Crippen LogP contribution in [-0.4, -0.2) is 15.0 Å². The van der Waals surface area contributed by atoms with Crippen LogP contribution in [0.2, 0.25) is 0 Å². The SMILES string of the molecule is c1ccc(-c2ccc(-c3cc(-c4ccc(-c5cccnc5)cc4)nc(-c4ccc(-c5ccc6c7c(cccc57)-c5ccccc5-6)cc4)n3)cc2)cc1. The smallest absolute Gasteiger partial charge is 0.160 e. The average molecular weight is 662 g/mol. The minimum absolute atomic E-state index is 0.693. The Morgan fingerprint density at radius 2 is 0.808 bits per heavy atom. The highest BCUT2D eigenvalue weighted by atomic mass is 14.9. The molecule has 7 aromatic carbocycles. The zero-order valence-electron chi connectivity index (χ0n) is 28.2. The molecule has 0 radical (unpaired) electrons. The Morgan fingerprint density at radius 1 is 0.308 bits per heavy atom. The molecule has 0 aliphatic heterocycles. The van der Waals surface area contributed by atoms with E-state index in [0.717, 1.165) is 39.2 Å². The number of hydrogen-bond acceptors (Lipinski definition) is 3. The summed E-state index contributed by atoms with van der Waals surface area (Å²) in [6.45, 7) is 0. The fourth-order valence-corrected chi connectivity index (χ4v) is 7.56. The predicted molar refractivity (Wildman–Crippen MR) is 214 cm³/mol. The van der Waals surface area contributed by atoms with Gasteiger partial charge in [0, 0.05) is 29.1 Å². The van der Waals surface area contributed by atoms with Crippen molar-refractivity contribution in [2.45, 2.75) is 0 Å². The number of nitrogens with zero attached hydrogens (tertiary/aromatic N) is 3. The molecule has 0 spiro atoms. The molecule has 2 aromatic heterocycles. The van der Waals surface area contributed by atoms with Crippen molar-refractivity contribution in [1.82, 2.24) is 15.0 Å². The molecule has 0 unspecified atom stereocenters. The molecular formula is C49H31N3. The predicted octanol–water partition coefficient (Wildman–Crippen LogP) is 12.7. The molecule has 3 heteroatoms. The van der Waals surface area contributed by atoms with Crippen molar-refractivity contribution in [3.8, 4) is 89.5 Å². The summed E-state index contributed by atoms with van der Waals surface area (Å²) in [4.78, 5) is 14.6. The summed E-state index contributed by atoms with van der Waals surface area (Å²) in [7, 11) is 0. The summed E-state index contributed by atoms with van der Waals surface area (Å²) in [6, 6.07) is 62.4. The Hall–Kier alpha value is -6.97. The van der Waals surface area contributed by atoms with Crippen LogP contribution in [-0.2, 0) is 0 Å². The number of aromatic nitrogens is 3. The number of benzene rings is 7. The average Bonchev–Trinajstić information content (AvgIpc) is 3.56. The molecule has 52 heavy (non-hydrogen) atoms. The summed E-state index contributed by atoms with van der Waals surface area (Å²) in [5.41, 5.74) is 17.0. The maximum atomic E-state index is 5.15. The zero-order chi connectivity index (χ0) is 34.4. The van der Waals surface area contributed by atoms with Crippen LogP contribution in [0.15, 0.2) is 188 Å². The molecule has 0 atom stereocenters. The third kappa shape index (κ3) is 5.19. The number of rotatable bonds is 6. The lowest BCUT2D eigenvalue weighted by atomic mass is 9.94. The summed E-state index contributed by atoms with van der Waals surface area (Å²) in [5, 5.41) is 2.60. The molecule has 0 saturated heterocycles. The fourth-order valence-electron chi connectivity index (χ4n) is 7.56. The van der Waals surface area contributed by atoms with E-state index in [4.69, 9.17) is 9.97 Å². The quantitative estimate of drug-likeness (QED) is 0.178. The van der Waals surface area contributed by atoms with Crippen molar-refractivity contribution in [3.63, 3.8) is 0 Å². The molecule has 9 aromatic rings. The Labute approximate surface area is 302 Å². The Morgan fingerprint density at radius 3 is 1.46 bits per heavy atom. The first kappa shape index (κ1) is 29.9. The molecule has 0 fully saturated rings. The fraction of sp³-hybridized carbons (Fsp3) is 0. The van der Waals surface area contributed by atoms with Gasteiger partial charge in [0.1, 0.15) is 0 Å². The van der Waals surface area contributed by atoms with Gasteiger partial charge in [0.15, 0.2) is 5.82 Å². The van der Waals surface area contributed by atoms with E-state index >= 15 is 0 Å². The molecule has 1 aliphatic carbocycles. The van der Waals surface area contributed by atoms with Gasteiger partial charge in [0.2, 0.25) is 0 Å². The van der Waals surface area contributed by atoms with E-state index in [9.17, 15) is 0 Å². The maximum Gasteiger partial charge on any atom is 0.160 e. The summed E-state index contributed by atoms with van der Waals surface area (Å²) in [5.74, 6) is 0.693. The van der Waals surface area contributed by atoms with Gasteiger partial charge in [0.25, 0.3) is 0 Å². The van der Waals surface area contributed by atoms with Crippen molar-refractivity contribution in [1.29, 1.82) is 0 Å². The van der Waals surface area contributed by atoms with Crippen molar-refractivity contribution >= 4 is 10.8 Å². The number of fused-ring (bicyclic) bond motifs is 3. The molecule has 0 amide bonds. The number of hydrogen-bond donors (Lipinski definition) is 0. The highest BCUT2D eigenvalue weighted by molar-refractivity contribution is 6.18. The molecule has 2 heterocycles. The van der Waals surface area contributed by atoms with Gasteiger partial charge in [0.05, 0.1) is 11.4 Å². The van der Waals surface area contributed by atoms with Crippen molar-refractivity contribution in [3.05, 3.63) is 188 Å². The van der Waals surface area contributed by atoms with E-state index in [0.29, 0.717) is 5.82 Å². The first-order valence-corrected chi connectivity index (χ1v) is 17.6. The van der Waals surface area contributed by atoms with E-state index < -0.39 is 0 Å². The lowest BCUT2D eigenvalue weighted by Crippen LogP contribution is -1.96. The van der Waals surface area contributed by atoms with E-state index in [1.54, 1.807) is 6.20 Å². The molecule has 3 nitrogen and oxygen atoms in total. The standard InChI is InChI=1S/C49H31N3/c1-2-8-32(9-3-1)33-15-21-36(22-16-33)46-30-47(37-23-17-34(18-24-37)39-10-7-29-50-31-39)52-49(51-46)38-25-19-35(20-26-38)40-27-28-45-42-12-5-4-11-41(42)44-14-6-13-43(40)48(44)45/h1-31H. The minimum Gasteiger partial charge on any atom is -0.264 e. The van der Waals surface area contributed by atoms with Gasteiger partial charge in [-0.25, -0.2) is 9.97 Å². The van der Waals surface area contributed by atoms with E-state index in [1.165, 1.54) is 55.3 Å². The van der Waals surface area contributed by atoms with Crippen LogP contribution >= 0.6 is 0 Å². The normalized spacial score (nSPS) is 11.5. The second-order valence-corrected chi connectivity index (χ2v) is 13.2. The van der Waals surface area contributed by atoms with Crippen LogP contribution in [0.25, 0.3) is 100 Å². The first-order chi connectivity index (χ1) is 25.8. The van der Waals surface area contributed by atoms with Crippen molar-refractivity contribution in [2.75, 3.05) is 0 Å². The molecule has 10 rings (SSSR count). The van der Waals surface area contributed by atoms with E-state index in [1.807, 2.05) is 18.3 Å². The zero-order valence-corrected chi connectivity index (χ0v) is 28.2. The van der Waals surface area contributed by atoms with Crippen LogP contribution in [0.3, 0.4) is 0 Å². The van der Waals surface area contributed by atoms with Crippen LogP contribution in [0.1, 0.15) is 0 Å². The van der Waals surface area contributed by atoms with Crippen LogP contribution in [0.4, 0.5) is 0 Å². The third-order valence-corrected chi connectivity index (χ3v) is 10.2. The van der Waals surface area contributed by atoms with Gasteiger partial charge >= 0.3 is 0 Å². The molecule has 0 saturated carbocycles. The van der Waals surface area contributed by atoms with Crippen molar-refractivity contribution in [2.24, 2.45) is 0 Å². The largest absolute Gasteiger partial charge is 0.264 e. The summed E-state index contributed by atoms with van der Waals surface area (Å²) in [6.07, 6.45) is 3.69. The van der Waals surface area contributed by atoms with Crippen LogP contribution < -0.4 is 0 Å². The van der Waals surface area contributed by atoms with Gasteiger partial charge in [-0.2, -0.15) is 0 Å². The van der Waals surface area contributed by atoms with E-state index in [-0.39, 0.29) is 0 Å². The van der Waals surface area contributed by atoms with Gasteiger partial charge in [-0.1, -0.05) is 164 Å². The van der Waals surface area contributed by atoms with Gasteiger partial charge in [-0.05, 0) is 78.5 Å². The Kier molecular flexibility index (Phi) is 7.14. The molecule has 242 valence electrons. The van der Waals surface area contributed by atoms with Gasteiger partial charge in [-0.3, -0.25) is 4.98 Å². The van der Waals surface area contributed by atoms with E-state index in [2.05, 4.69) is 169 Å². The Balaban J connectivity index is 1.04. The topological polar surface area (TPSA) is 38.7 Å². The first-order valence-electron chi connectivity index (χ1n) is 17.6. The summed E-state index contributed by atoms with van der Waals surface area (Å²) >= 11 is 0. The minimum atomic E-state index is 0.693. The maximum absolute atomic E-state index is 5.15. The van der Waals surface area contributed by atoms with Gasteiger partial charge < -0.3 is 0 Å². The van der Waals surface area contributed by atoms with Gasteiger partial charge in [-0.15, -0.1) is 0 Å². The van der Waals surface area contributed by atoms with Crippen LogP contribution in [0, 0.1) is 0 Å². The van der Waals surface area contributed by atoms with Crippen molar-refractivity contribution < 1.29 is 0 Å². The molecule has 0 bridgehead atoms. The second kappa shape index (κ2) is 12.4. The second-order valence-electron chi connectivity index (χ2n) is 13.2. The summed E-state index contributed by atoms with van der Waals surface area (Å²) < 4.78 is 0. The lowest BCUT2D eigenvalue weighted by Gasteiger charge is -2.12. The monoisotopic (exact) mass is 661 g/mol. The molecule has 0 N–H and O–H groups in total. The number of pyridine rings is 1. The lowest BCUT2D eigenvalue weighted by molar-refractivity contribution is 1.18. The highest BCUT2D eigenvalue weighted by Gasteiger charge is 2.22.